The number of halogens is 3. The first-order valence-corrected chi connectivity index (χ1v) is 4.60. The predicted molar refractivity (Wildman–Crippen MR) is 49.0 cm³/mol. The first-order chi connectivity index (χ1) is 7.08. The first kappa shape index (κ1) is 11.9. The van der Waals surface area contributed by atoms with Crippen LogP contribution in [0.2, 0.25) is 0 Å². The molecular weight excluding hydrogens is 207 g/mol. The molecule has 0 aliphatic heterocycles. The van der Waals surface area contributed by atoms with Crippen LogP contribution >= 0.6 is 0 Å². The van der Waals surface area contributed by atoms with Crippen molar-refractivity contribution in [2.24, 2.45) is 0 Å². The number of hydrogen-bond donors (Lipinski definition) is 1. The molecule has 1 N–H and O–H groups in total. The van der Waals surface area contributed by atoms with Gasteiger partial charge in [0.15, 0.2) is 0 Å². The van der Waals surface area contributed by atoms with Crippen LogP contribution in [0.5, 0.6) is 0 Å². The molecule has 0 aromatic carbocycles. The molecule has 0 saturated heterocycles. The molecule has 0 radical (unpaired) electrons. The molecule has 1 rings (SSSR count). The molecule has 6 heteroatoms. The zero-order chi connectivity index (χ0) is 11.1. The van der Waals surface area contributed by atoms with Crippen LogP contribution < -0.4 is 5.32 Å². The third-order valence-electron chi connectivity index (χ3n) is 1.74. The summed E-state index contributed by atoms with van der Waals surface area (Å²) < 4.78 is 35.3. The number of nitrogens with zero attached hydrogens (tertiary/aromatic N) is 2. The van der Waals surface area contributed by atoms with Crippen LogP contribution in [0.3, 0.4) is 0 Å². The van der Waals surface area contributed by atoms with E-state index in [1.807, 2.05) is 0 Å². The summed E-state index contributed by atoms with van der Waals surface area (Å²) in [6.07, 6.45) is -0.0465. The van der Waals surface area contributed by atoms with Crippen LogP contribution in [-0.2, 0) is 6.54 Å². The molecule has 0 spiro atoms. The second-order valence-electron chi connectivity index (χ2n) is 3.09. The maximum absolute atomic E-state index is 11.8. The van der Waals surface area contributed by atoms with Crippen LogP contribution in [0.25, 0.3) is 0 Å². The Morgan fingerprint density at radius 1 is 1.27 bits per heavy atom. The number of alkyl halides is 3. The molecule has 84 valence electrons. The molecule has 1 heterocycles. The molecule has 0 amide bonds. The Hall–Kier alpha value is -1.17. The van der Waals surface area contributed by atoms with E-state index < -0.39 is 12.6 Å². The second-order valence-corrected chi connectivity index (χ2v) is 3.09. The lowest BCUT2D eigenvalue weighted by molar-refractivity contribution is -0.135. The summed E-state index contributed by atoms with van der Waals surface area (Å²) in [7, 11) is 0. The molecular formula is C9H12F3N3. The highest BCUT2D eigenvalue weighted by molar-refractivity contribution is 4.93. The van der Waals surface area contributed by atoms with E-state index in [4.69, 9.17) is 0 Å². The van der Waals surface area contributed by atoms with Gasteiger partial charge in [0.05, 0.1) is 5.69 Å². The van der Waals surface area contributed by atoms with E-state index in [1.54, 1.807) is 18.6 Å². The zero-order valence-corrected chi connectivity index (χ0v) is 8.09. The lowest BCUT2D eigenvalue weighted by atomic mass is 10.3. The smallest absolute Gasteiger partial charge is 0.311 e. The summed E-state index contributed by atoms with van der Waals surface area (Å²) in [6, 6.07) is 0. The van der Waals surface area contributed by atoms with Gasteiger partial charge < -0.3 is 5.32 Å². The van der Waals surface area contributed by atoms with E-state index in [9.17, 15) is 13.2 Å². The molecule has 1 aromatic heterocycles. The first-order valence-electron chi connectivity index (χ1n) is 4.60. The standard InChI is InChI=1S/C9H12F3N3/c10-9(11,12)2-1-3-13-6-8-7-14-4-5-15-8/h4-5,7,13H,1-3,6H2. The van der Waals surface area contributed by atoms with Crippen molar-refractivity contribution in [3.8, 4) is 0 Å². The Morgan fingerprint density at radius 2 is 2.07 bits per heavy atom. The van der Waals surface area contributed by atoms with Crippen molar-refractivity contribution in [2.75, 3.05) is 6.54 Å². The highest BCUT2D eigenvalue weighted by Crippen LogP contribution is 2.20. The maximum Gasteiger partial charge on any atom is 0.389 e. The minimum atomic E-state index is -4.06. The van der Waals surface area contributed by atoms with Crippen LogP contribution in [0.4, 0.5) is 13.2 Å². The number of hydrogen-bond acceptors (Lipinski definition) is 3. The van der Waals surface area contributed by atoms with E-state index in [-0.39, 0.29) is 6.42 Å². The van der Waals surface area contributed by atoms with Gasteiger partial charge in [-0.1, -0.05) is 0 Å². The van der Waals surface area contributed by atoms with Gasteiger partial charge in [0, 0.05) is 31.6 Å². The topological polar surface area (TPSA) is 37.8 Å². The Balaban J connectivity index is 2.08. The molecule has 0 unspecified atom stereocenters. The second kappa shape index (κ2) is 5.65. The molecule has 0 atom stereocenters. The average Bonchev–Trinajstić information content (AvgIpc) is 2.17. The van der Waals surface area contributed by atoms with Crippen molar-refractivity contribution in [3.05, 3.63) is 24.3 Å². The Bertz CT molecular complexity index is 274. The fraction of sp³-hybridized carbons (Fsp3) is 0.556. The SMILES string of the molecule is FC(F)(F)CCCNCc1cnccn1. The fourth-order valence-electron chi connectivity index (χ4n) is 1.05. The van der Waals surface area contributed by atoms with E-state index in [0.717, 1.165) is 5.69 Å². The highest BCUT2D eigenvalue weighted by Gasteiger charge is 2.25. The zero-order valence-electron chi connectivity index (χ0n) is 8.09. The molecule has 0 aliphatic carbocycles. The minimum Gasteiger partial charge on any atom is -0.311 e. The van der Waals surface area contributed by atoms with Gasteiger partial charge in [-0.15, -0.1) is 0 Å². The van der Waals surface area contributed by atoms with E-state index in [0.29, 0.717) is 13.1 Å². The van der Waals surface area contributed by atoms with Gasteiger partial charge in [-0.2, -0.15) is 13.2 Å². The normalized spacial score (nSPS) is 11.7. The number of aromatic nitrogens is 2. The lowest BCUT2D eigenvalue weighted by Gasteiger charge is -2.06. The number of nitrogens with one attached hydrogen (secondary N) is 1. The van der Waals surface area contributed by atoms with Crippen molar-refractivity contribution in [2.45, 2.75) is 25.6 Å². The van der Waals surface area contributed by atoms with Crippen molar-refractivity contribution in [1.29, 1.82) is 0 Å². The summed E-state index contributed by atoms with van der Waals surface area (Å²) >= 11 is 0. The molecule has 0 saturated carbocycles. The Kier molecular flexibility index (Phi) is 4.48. The van der Waals surface area contributed by atoms with Gasteiger partial charge in [0.2, 0.25) is 0 Å². The summed E-state index contributed by atoms with van der Waals surface area (Å²) in [5.41, 5.74) is 0.726. The molecule has 0 aliphatic rings. The van der Waals surface area contributed by atoms with Gasteiger partial charge >= 0.3 is 6.18 Å². The monoisotopic (exact) mass is 219 g/mol. The fourth-order valence-corrected chi connectivity index (χ4v) is 1.05. The summed E-state index contributed by atoms with van der Waals surface area (Å²) in [5.74, 6) is 0. The van der Waals surface area contributed by atoms with Crippen LogP contribution in [0.15, 0.2) is 18.6 Å². The molecule has 15 heavy (non-hydrogen) atoms. The van der Waals surface area contributed by atoms with Crippen LogP contribution in [0.1, 0.15) is 18.5 Å². The third-order valence-corrected chi connectivity index (χ3v) is 1.74. The average molecular weight is 219 g/mol. The number of rotatable bonds is 5. The molecule has 3 nitrogen and oxygen atoms in total. The van der Waals surface area contributed by atoms with Crippen molar-refractivity contribution in [1.82, 2.24) is 15.3 Å². The van der Waals surface area contributed by atoms with Crippen LogP contribution in [-0.4, -0.2) is 22.7 Å². The van der Waals surface area contributed by atoms with E-state index in [1.165, 1.54) is 0 Å². The van der Waals surface area contributed by atoms with Gasteiger partial charge in [0.1, 0.15) is 0 Å². The maximum atomic E-state index is 11.8. The van der Waals surface area contributed by atoms with Gasteiger partial charge in [-0.25, -0.2) is 0 Å². The van der Waals surface area contributed by atoms with E-state index in [2.05, 4.69) is 15.3 Å². The summed E-state index contributed by atoms with van der Waals surface area (Å²) in [6.45, 7) is 0.780. The van der Waals surface area contributed by atoms with Crippen molar-refractivity contribution in [3.63, 3.8) is 0 Å². The highest BCUT2D eigenvalue weighted by atomic mass is 19.4. The van der Waals surface area contributed by atoms with Crippen LogP contribution in [0, 0.1) is 0 Å². The summed E-state index contributed by atoms with van der Waals surface area (Å²) in [4.78, 5) is 7.82. The molecule has 1 aromatic rings. The van der Waals surface area contributed by atoms with Gasteiger partial charge in [-0.3, -0.25) is 9.97 Å². The summed E-state index contributed by atoms with van der Waals surface area (Å²) in [5, 5.41) is 2.87. The van der Waals surface area contributed by atoms with Crippen molar-refractivity contribution >= 4 is 0 Å². The Labute approximate surface area is 85.7 Å². The Morgan fingerprint density at radius 3 is 2.67 bits per heavy atom. The van der Waals surface area contributed by atoms with E-state index >= 15 is 0 Å². The molecule has 0 fully saturated rings. The van der Waals surface area contributed by atoms with Crippen molar-refractivity contribution < 1.29 is 13.2 Å². The quantitative estimate of drug-likeness (QED) is 0.769. The minimum absolute atomic E-state index is 0.0871. The molecule has 0 bridgehead atoms. The van der Waals surface area contributed by atoms with Gasteiger partial charge in [-0.05, 0) is 13.0 Å². The lowest BCUT2D eigenvalue weighted by Crippen LogP contribution is -2.18. The largest absolute Gasteiger partial charge is 0.389 e. The van der Waals surface area contributed by atoms with Gasteiger partial charge in [0.25, 0.3) is 0 Å². The third kappa shape index (κ3) is 6.01. The predicted octanol–water partition coefficient (Wildman–Crippen LogP) is 1.91.